The second-order valence-electron chi connectivity index (χ2n) is 4.89. The maximum atomic E-state index is 10.1. The van der Waals surface area contributed by atoms with Crippen LogP contribution in [0.15, 0.2) is 21.1 Å². The number of nitrogens with two attached hydrogens (primary N) is 1. The van der Waals surface area contributed by atoms with Gasteiger partial charge in [-0.1, -0.05) is 29.8 Å². The Hall–Kier alpha value is 0.190. The summed E-state index contributed by atoms with van der Waals surface area (Å²) < 4.78 is 1.38. The zero-order valence-corrected chi connectivity index (χ0v) is 14.9. The number of rotatable bonds is 5. The lowest BCUT2D eigenvalue weighted by Gasteiger charge is -2.21. The van der Waals surface area contributed by atoms with Crippen LogP contribution in [0.3, 0.4) is 0 Å². The Morgan fingerprint density at radius 1 is 1.21 bits per heavy atom. The molecule has 1 aromatic carbocycles. The molecule has 0 fully saturated rings. The van der Waals surface area contributed by atoms with Gasteiger partial charge in [-0.3, -0.25) is 0 Å². The second-order valence-corrected chi connectivity index (χ2v) is 6.66. The maximum absolute atomic E-state index is 10.1. The number of hydrogen-bond acceptors (Lipinski definition) is 3. The molecule has 0 heterocycles. The first-order chi connectivity index (χ1) is 8.32. The van der Waals surface area contributed by atoms with Crippen molar-refractivity contribution in [2.45, 2.75) is 38.8 Å². The van der Waals surface area contributed by atoms with Crippen molar-refractivity contribution < 1.29 is 10.2 Å². The van der Waals surface area contributed by atoms with Gasteiger partial charge in [-0.15, -0.1) is 12.4 Å². The first kappa shape index (κ1) is 19.2. The molecule has 0 aliphatic heterocycles. The molecule has 0 aromatic heterocycles. The lowest BCUT2D eigenvalue weighted by Crippen LogP contribution is -2.26. The molecule has 0 unspecified atom stereocenters. The Balaban J connectivity index is 0.00000324. The molecule has 4 N–H and O–H groups in total. The number of aromatic hydroxyl groups is 1. The Bertz CT molecular complexity index is 416. The molecule has 6 heteroatoms. The zero-order chi connectivity index (χ0) is 13.9. The molecule has 0 aliphatic carbocycles. The molecule has 0 bridgehead atoms. The topological polar surface area (TPSA) is 66.5 Å². The fourth-order valence-corrected chi connectivity index (χ4v) is 2.99. The second kappa shape index (κ2) is 8.47. The number of aliphatic hydroxyl groups excluding tert-OH is 1. The quantitative estimate of drug-likeness (QED) is 0.675. The van der Waals surface area contributed by atoms with Crippen molar-refractivity contribution in [3.05, 3.63) is 26.6 Å². The molecule has 1 aromatic rings. The lowest BCUT2D eigenvalue weighted by atomic mass is 9.95. The van der Waals surface area contributed by atoms with E-state index in [0.29, 0.717) is 22.4 Å². The van der Waals surface area contributed by atoms with Crippen LogP contribution < -0.4 is 5.73 Å². The number of phenols is 1. The number of aliphatic hydroxyl groups is 1. The normalized spacial score (nSPS) is 14.1. The largest absolute Gasteiger partial charge is 0.506 e. The number of halogens is 3. The van der Waals surface area contributed by atoms with E-state index >= 15 is 0 Å². The van der Waals surface area contributed by atoms with Crippen molar-refractivity contribution >= 4 is 44.3 Å². The van der Waals surface area contributed by atoms with Crippen LogP contribution in [0, 0.1) is 5.92 Å². The monoisotopic (exact) mass is 415 g/mol. The fourth-order valence-electron chi connectivity index (χ4n) is 1.73. The highest BCUT2D eigenvalue weighted by molar-refractivity contribution is 9.11. The summed E-state index contributed by atoms with van der Waals surface area (Å²) in [5, 5.41) is 20.0. The van der Waals surface area contributed by atoms with Gasteiger partial charge in [0.1, 0.15) is 5.75 Å². The lowest BCUT2D eigenvalue weighted by molar-refractivity contribution is 0.127. The Kier molecular flexibility index (Phi) is 8.56. The van der Waals surface area contributed by atoms with Gasteiger partial charge in [-0.2, -0.15) is 0 Å². The van der Waals surface area contributed by atoms with Crippen LogP contribution in [0.1, 0.15) is 38.3 Å². The summed E-state index contributed by atoms with van der Waals surface area (Å²) in [6, 6.07) is 2.90. The van der Waals surface area contributed by atoms with Gasteiger partial charge in [0.2, 0.25) is 0 Å². The summed E-state index contributed by atoms with van der Waals surface area (Å²) >= 11 is 6.61. The molecule has 0 amide bonds. The summed E-state index contributed by atoms with van der Waals surface area (Å²) in [4.78, 5) is 0. The highest BCUT2D eigenvalue weighted by Gasteiger charge is 2.21. The van der Waals surface area contributed by atoms with Gasteiger partial charge < -0.3 is 15.9 Å². The molecule has 3 nitrogen and oxygen atoms in total. The fraction of sp³-hybridized carbons (Fsp3) is 0.538. The molecular formula is C13H20Br2ClNO2. The number of hydrogen-bond donors (Lipinski definition) is 3. The number of phenolic OH excluding ortho intramolecular Hbond substituents is 1. The molecule has 0 aliphatic rings. The molecule has 0 saturated carbocycles. The van der Waals surface area contributed by atoms with Crippen LogP contribution in [0.25, 0.3) is 0 Å². The smallest absolute Gasteiger partial charge is 0.134 e. The molecule has 0 radical (unpaired) electrons. The van der Waals surface area contributed by atoms with Gasteiger partial charge in [0.05, 0.1) is 16.6 Å². The Morgan fingerprint density at radius 2 is 1.79 bits per heavy atom. The molecule has 0 spiro atoms. The van der Waals surface area contributed by atoms with Gasteiger partial charge in [0, 0.05) is 10.0 Å². The minimum Gasteiger partial charge on any atom is -0.506 e. The molecule has 0 saturated heterocycles. The van der Waals surface area contributed by atoms with Crippen molar-refractivity contribution in [2.75, 3.05) is 0 Å². The van der Waals surface area contributed by atoms with E-state index in [0.717, 1.165) is 10.9 Å². The third-order valence-corrected chi connectivity index (χ3v) is 3.93. The van der Waals surface area contributed by atoms with Gasteiger partial charge >= 0.3 is 0 Å². The first-order valence-corrected chi connectivity index (χ1v) is 7.53. The van der Waals surface area contributed by atoms with Gasteiger partial charge in [-0.05, 0) is 46.8 Å². The van der Waals surface area contributed by atoms with Crippen molar-refractivity contribution in [2.24, 2.45) is 11.7 Å². The highest BCUT2D eigenvalue weighted by Crippen LogP contribution is 2.36. The summed E-state index contributed by atoms with van der Waals surface area (Å²) in [6.45, 7) is 4.21. The predicted molar refractivity (Wildman–Crippen MR) is 87.8 cm³/mol. The minimum absolute atomic E-state index is 0. The third kappa shape index (κ3) is 5.60. The van der Waals surface area contributed by atoms with Crippen LogP contribution in [0.4, 0.5) is 0 Å². The van der Waals surface area contributed by atoms with Crippen LogP contribution in [0.2, 0.25) is 0 Å². The molecule has 1 rings (SSSR count). The van der Waals surface area contributed by atoms with Crippen LogP contribution in [-0.4, -0.2) is 16.3 Å². The van der Waals surface area contributed by atoms with E-state index in [9.17, 15) is 10.2 Å². The van der Waals surface area contributed by atoms with Crippen LogP contribution in [0.5, 0.6) is 5.75 Å². The van der Waals surface area contributed by atoms with E-state index in [1.807, 2.05) is 0 Å². The van der Waals surface area contributed by atoms with E-state index < -0.39 is 12.1 Å². The third-order valence-electron chi connectivity index (χ3n) is 2.87. The number of benzene rings is 1. The first-order valence-electron chi connectivity index (χ1n) is 5.94. The van der Waals surface area contributed by atoms with Crippen molar-refractivity contribution in [1.82, 2.24) is 0 Å². The standard InChI is InChI=1S/C13H19Br2NO2.ClH/c1-7(2)3-4-11(17)12(16)9-5-8(14)6-10(15)13(9)18;/h5-7,11-12,17-18H,3-4,16H2,1-2H3;1H/t11-,12+;/m0./s1. The Labute approximate surface area is 137 Å². The molecule has 19 heavy (non-hydrogen) atoms. The minimum atomic E-state index is -0.653. The molecule has 2 atom stereocenters. The van der Waals surface area contributed by atoms with Gasteiger partial charge in [0.25, 0.3) is 0 Å². The SMILES string of the molecule is CC(C)CC[C@H](O)[C@H](N)c1cc(Br)cc(Br)c1O.Cl. The van der Waals surface area contributed by atoms with Gasteiger partial charge in [-0.25, -0.2) is 0 Å². The van der Waals surface area contributed by atoms with Gasteiger partial charge in [0.15, 0.2) is 0 Å². The summed E-state index contributed by atoms with van der Waals surface area (Å²) in [6.07, 6.45) is 0.882. The van der Waals surface area contributed by atoms with Crippen molar-refractivity contribution in [3.63, 3.8) is 0 Å². The maximum Gasteiger partial charge on any atom is 0.134 e. The van der Waals surface area contributed by atoms with E-state index in [1.165, 1.54) is 0 Å². The predicted octanol–water partition coefficient (Wildman–Crippen LogP) is 4.14. The average Bonchev–Trinajstić information content (AvgIpc) is 2.29. The van der Waals surface area contributed by atoms with E-state index in [4.69, 9.17) is 5.73 Å². The van der Waals surface area contributed by atoms with E-state index in [-0.39, 0.29) is 18.2 Å². The molecule has 110 valence electrons. The van der Waals surface area contributed by atoms with Crippen LogP contribution >= 0.6 is 44.3 Å². The summed E-state index contributed by atoms with van der Waals surface area (Å²) in [7, 11) is 0. The molecular weight excluding hydrogens is 397 g/mol. The van der Waals surface area contributed by atoms with Crippen LogP contribution in [-0.2, 0) is 0 Å². The van der Waals surface area contributed by atoms with Crippen molar-refractivity contribution in [1.29, 1.82) is 0 Å². The van der Waals surface area contributed by atoms with Crippen molar-refractivity contribution in [3.8, 4) is 5.75 Å². The highest BCUT2D eigenvalue weighted by atomic mass is 79.9. The van der Waals surface area contributed by atoms with E-state index in [1.54, 1.807) is 12.1 Å². The zero-order valence-electron chi connectivity index (χ0n) is 10.9. The van der Waals surface area contributed by atoms with E-state index in [2.05, 4.69) is 45.7 Å². The average molecular weight is 418 g/mol. The Morgan fingerprint density at radius 3 is 2.32 bits per heavy atom. The summed E-state index contributed by atoms with van der Waals surface area (Å²) in [5.74, 6) is 0.615. The summed E-state index contributed by atoms with van der Waals surface area (Å²) in [5.41, 5.74) is 6.56.